The Morgan fingerprint density at radius 3 is 2.26 bits per heavy atom. The van der Waals surface area contributed by atoms with Crippen LogP contribution >= 0.6 is 23.2 Å². The van der Waals surface area contributed by atoms with Gasteiger partial charge in [-0.25, -0.2) is 13.6 Å². The zero-order valence-electron chi connectivity index (χ0n) is 14.3. The van der Waals surface area contributed by atoms with Crippen LogP contribution in [0.3, 0.4) is 0 Å². The average Bonchev–Trinajstić information content (AvgIpc) is 2.57. The van der Waals surface area contributed by atoms with Gasteiger partial charge in [0.15, 0.2) is 0 Å². The van der Waals surface area contributed by atoms with Crippen LogP contribution in [-0.4, -0.2) is 38.7 Å². The van der Waals surface area contributed by atoms with Gasteiger partial charge in [0.05, 0.1) is 27.9 Å². The fourth-order valence-corrected chi connectivity index (χ4v) is 3.00. The quantitative estimate of drug-likeness (QED) is 0.733. The number of rotatable bonds is 6. The molecule has 0 aliphatic rings. The molecule has 0 aliphatic carbocycles. The minimum atomic E-state index is -3.78. The Morgan fingerprint density at radius 2 is 1.70 bits per heavy atom. The van der Waals surface area contributed by atoms with Crippen LogP contribution in [-0.2, 0) is 26.0 Å². The third-order valence-corrected chi connectivity index (χ3v) is 5.29. The third kappa shape index (κ3) is 6.21. The first-order valence-corrected chi connectivity index (χ1v) is 9.97. The Hall–Kier alpha value is -2.13. The zero-order chi connectivity index (χ0) is 20.2. The van der Waals surface area contributed by atoms with Crippen molar-refractivity contribution >= 4 is 50.7 Å². The number of likely N-dealkylation sites (N-methyl/N-ethyl adjacent to an activating group) is 1. The number of anilines is 1. The monoisotopic (exact) mass is 429 g/mol. The molecule has 27 heavy (non-hydrogen) atoms. The second kappa shape index (κ2) is 8.71. The summed E-state index contributed by atoms with van der Waals surface area (Å²) in [6, 6.07) is 10.3. The van der Waals surface area contributed by atoms with Crippen molar-refractivity contribution in [2.45, 2.75) is 11.3 Å². The predicted molar refractivity (Wildman–Crippen MR) is 104 cm³/mol. The summed E-state index contributed by atoms with van der Waals surface area (Å²) in [7, 11) is -2.29. The normalized spacial score (nSPS) is 11.1. The van der Waals surface area contributed by atoms with E-state index in [2.05, 4.69) is 5.32 Å². The van der Waals surface area contributed by atoms with Gasteiger partial charge in [-0.05, 0) is 35.9 Å². The Labute approximate surface area is 167 Å². The lowest BCUT2D eigenvalue weighted by Gasteiger charge is -2.17. The molecule has 0 aliphatic heterocycles. The number of primary sulfonamides is 1. The Kier molecular flexibility index (Phi) is 6.83. The van der Waals surface area contributed by atoms with Crippen LogP contribution in [0.2, 0.25) is 10.0 Å². The lowest BCUT2D eigenvalue weighted by molar-refractivity contribution is -0.132. The molecule has 2 aromatic rings. The summed E-state index contributed by atoms with van der Waals surface area (Å²) < 4.78 is 22.5. The average molecular weight is 430 g/mol. The smallest absolute Gasteiger partial charge is 0.243 e. The summed E-state index contributed by atoms with van der Waals surface area (Å²) in [5.74, 6) is -0.698. The molecule has 0 heterocycles. The highest BCUT2D eigenvalue weighted by Gasteiger charge is 2.15. The van der Waals surface area contributed by atoms with Gasteiger partial charge in [-0.1, -0.05) is 35.3 Å². The molecule has 0 unspecified atom stereocenters. The fraction of sp³-hybridized carbons (Fsp3) is 0.176. The zero-order valence-corrected chi connectivity index (χ0v) is 16.6. The van der Waals surface area contributed by atoms with Gasteiger partial charge in [0.1, 0.15) is 0 Å². The Morgan fingerprint density at radius 1 is 1.07 bits per heavy atom. The van der Waals surface area contributed by atoms with E-state index in [1.165, 1.54) is 42.3 Å². The maximum Gasteiger partial charge on any atom is 0.243 e. The maximum absolute atomic E-state index is 12.2. The van der Waals surface area contributed by atoms with Crippen molar-refractivity contribution in [1.29, 1.82) is 0 Å². The highest BCUT2D eigenvalue weighted by molar-refractivity contribution is 7.89. The van der Waals surface area contributed by atoms with E-state index in [0.29, 0.717) is 21.3 Å². The summed E-state index contributed by atoms with van der Waals surface area (Å²) in [5, 5.41) is 8.33. The molecular formula is C17H17Cl2N3O4S. The standard InChI is InChI=1S/C17H17Cl2N3O4S/c1-22(10-16(23)21-12-4-7-14(18)15(19)9-12)17(24)8-11-2-5-13(6-3-11)27(20,25)26/h2-7,9H,8,10H2,1H3,(H,21,23)(H2,20,25,26). The molecule has 2 amide bonds. The minimum Gasteiger partial charge on any atom is -0.336 e. The van der Waals surface area contributed by atoms with Crippen molar-refractivity contribution in [3.05, 3.63) is 58.1 Å². The molecule has 0 spiro atoms. The van der Waals surface area contributed by atoms with E-state index >= 15 is 0 Å². The largest absolute Gasteiger partial charge is 0.336 e. The van der Waals surface area contributed by atoms with E-state index < -0.39 is 15.9 Å². The molecule has 0 radical (unpaired) electrons. The van der Waals surface area contributed by atoms with Gasteiger partial charge >= 0.3 is 0 Å². The molecule has 144 valence electrons. The molecule has 0 bridgehead atoms. The second-order valence-corrected chi connectivity index (χ2v) is 8.17. The van der Waals surface area contributed by atoms with Gasteiger partial charge in [-0.2, -0.15) is 0 Å². The first-order valence-electron chi connectivity index (χ1n) is 7.67. The van der Waals surface area contributed by atoms with Crippen molar-refractivity contribution in [1.82, 2.24) is 4.90 Å². The fourth-order valence-electron chi connectivity index (χ4n) is 2.18. The molecule has 0 saturated carbocycles. The molecule has 0 aromatic heterocycles. The third-order valence-electron chi connectivity index (χ3n) is 3.62. The van der Waals surface area contributed by atoms with E-state index in [1.54, 1.807) is 12.1 Å². The molecule has 3 N–H and O–H groups in total. The van der Waals surface area contributed by atoms with E-state index in [9.17, 15) is 18.0 Å². The maximum atomic E-state index is 12.2. The highest BCUT2D eigenvalue weighted by atomic mass is 35.5. The number of hydrogen-bond donors (Lipinski definition) is 2. The number of sulfonamides is 1. The lowest BCUT2D eigenvalue weighted by Crippen LogP contribution is -2.35. The van der Waals surface area contributed by atoms with Crippen molar-refractivity contribution < 1.29 is 18.0 Å². The molecular weight excluding hydrogens is 413 g/mol. The van der Waals surface area contributed by atoms with Crippen molar-refractivity contribution in [3.8, 4) is 0 Å². The van der Waals surface area contributed by atoms with Crippen LogP contribution in [0.4, 0.5) is 5.69 Å². The van der Waals surface area contributed by atoms with Crippen LogP contribution in [0.25, 0.3) is 0 Å². The molecule has 7 nitrogen and oxygen atoms in total. The van der Waals surface area contributed by atoms with Gasteiger partial charge in [0.2, 0.25) is 21.8 Å². The molecule has 0 fully saturated rings. The molecule has 0 atom stereocenters. The summed E-state index contributed by atoms with van der Waals surface area (Å²) in [6.07, 6.45) is 0.0153. The van der Waals surface area contributed by atoms with E-state index in [1.807, 2.05) is 0 Å². The van der Waals surface area contributed by atoms with Crippen molar-refractivity contribution in [3.63, 3.8) is 0 Å². The SMILES string of the molecule is CN(CC(=O)Nc1ccc(Cl)c(Cl)c1)C(=O)Cc1ccc(S(N)(=O)=O)cc1. The number of carbonyl (C=O) groups is 2. The topological polar surface area (TPSA) is 110 Å². The number of nitrogens with one attached hydrogen (secondary N) is 1. The summed E-state index contributed by atoms with van der Waals surface area (Å²) in [6.45, 7) is -0.158. The molecule has 2 aromatic carbocycles. The molecule has 2 rings (SSSR count). The van der Waals surface area contributed by atoms with Crippen molar-refractivity contribution in [2.24, 2.45) is 5.14 Å². The van der Waals surface area contributed by atoms with Crippen LogP contribution < -0.4 is 10.5 Å². The van der Waals surface area contributed by atoms with Gasteiger partial charge in [-0.3, -0.25) is 9.59 Å². The number of hydrogen-bond acceptors (Lipinski definition) is 4. The van der Waals surface area contributed by atoms with Crippen LogP contribution in [0.5, 0.6) is 0 Å². The molecule has 10 heteroatoms. The highest BCUT2D eigenvalue weighted by Crippen LogP contribution is 2.24. The number of nitrogens with two attached hydrogens (primary N) is 1. The number of halogens is 2. The van der Waals surface area contributed by atoms with E-state index in [4.69, 9.17) is 28.3 Å². The summed E-state index contributed by atoms with van der Waals surface area (Å²) in [4.78, 5) is 25.5. The molecule has 0 saturated heterocycles. The van der Waals surface area contributed by atoms with Crippen molar-refractivity contribution in [2.75, 3.05) is 18.9 Å². The number of nitrogens with zero attached hydrogens (tertiary/aromatic N) is 1. The first kappa shape index (κ1) is 21.2. The summed E-state index contributed by atoms with van der Waals surface area (Å²) in [5.41, 5.74) is 1.07. The van der Waals surface area contributed by atoms with E-state index in [-0.39, 0.29) is 23.8 Å². The lowest BCUT2D eigenvalue weighted by atomic mass is 10.1. The van der Waals surface area contributed by atoms with Gasteiger partial charge < -0.3 is 10.2 Å². The van der Waals surface area contributed by atoms with Crippen LogP contribution in [0, 0.1) is 0 Å². The Bertz CT molecular complexity index is 963. The van der Waals surface area contributed by atoms with Gasteiger partial charge in [-0.15, -0.1) is 0 Å². The first-order chi connectivity index (χ1) is 12.6. The van der Waals surface area contributed by atoms with E-state index in [0.717, 1.165) is 0 Å². The number of benzene rings is 2. The van der Waals surface area contributed by atoms with Crippen LogP contribution in [0.1, 0.15) is 5.56 Å². The predicted octanol–water partition coefficient (Wildman–Crippen LogP) is 2.28. The summed E-state index contributed by atoms with van der Waals surface area (Å²) >= 11 is 11.7. The number of carbonyl (C=O) groups excluding carboxylic acids is 2. The minimum absolute atomic E-state index is 0.0153. The van der Waals surface area contributed by atoms with Gasteiger partial charge in [0, 0.05) is 12.7 Å². The number of amides is 2. The second-order valence-electron chi connectivity index (χ2n) is 5.79. The van der Waals surface area contributed by atoms with Gasteiger partial charge in [0.25, 0.3) is 0 Å². The van der Waals surface area contributed by atoms with Crippen LogP contribution in [0.15, 0.2) is 47.4 Å². The Balaban J connectivity index is 1.92.